The van der Waals surface area contributed by atoms with Gasteiger partial charge in [-0.2, -0.15) is 6.92 Å². The summed E-state index contributed by atoms with van der Waals surface area (Å²) in [6.07, 6.45) is 7.56. The SMILES string of the molecule is CC.C[N-]C(=O)C1CCCCC1[C@H]1CC[C@@H](C)[C@H]1C.[CH2-]C.[Y]. The molecule has 2 aliphatic rings. The molecule has 2 rings (SSSR count). The van der Waals surface area contributed by atoms with Crippen molar-refractivity contribution < 1.29 is 37.5 Å². The maximum Gasteiger partial charge on any atom is 0.0544 e. The van der Waals surface area contributed by atoms with E-state index < -0.39 is 0 Å². The molecule has 1 amide bonds. The topological polar surface area (TPSA) is 31.2 Å². The van der Waals surface area contributed by atoms with E-state index in [1.807, 2.05) is 13.8 Å². The van der Waals surface area contributed by atoms with Crippen LogP contribution in [0.5, 0.6) is 0 Å². The molecule has 1 radical (unpaired) electrons. The Balaban J connectivity index is 0. The molecule has 5 atom stereocenters. The van der Waals surface area contributed by atoms with Gasteiger partial charge in [-0.15, -0.1) is 7.05 Å². The third-order valence-corrected chi connectivity index (χ3v) is 5.44. The van der Waals surface area contributed by atoms with Gasteiger partial charge in [0.05, 0.1) is 5.91 Å². The van der Waals surface area contributed by atoms with Crippen LogP contribution in [0.25, 0.3) is 5.32 Å². The van der Waals surface area contributed by atoms with Crippen molar-refractivity contribution in [3.8, 4) is 0 Å². The van der Waals surface area contributed by atoms with Crippen LogP contribution in [0.4, 0.5) is 0 Å². The molecule has 0 spiro atoms. The van der Waals surface area contributed by atoms with Gasteiger partial charge in [0.2, 0.25) is 0 Å². The Morgan fingerprint density at radius 1 is 0.955 bits per heavy atom. The maximum absolute atomic E-state index is 12.0. The summed E-state index contributed by atoms with van der Waals surface area (Å²) in [6, 6.07) is 0. The van der Waals surface area contributed by atoms with Crippen molar-refractivity contribution in [2.75, 3.05) is 7.05 Å². The van der Waals surface area contributed by atoms with Crippen LogP contribution in [0.2, 0.25) is 0 Å². The van der Waals surface area contributed by atoms with E-state index >= 15 is 0 Å². The van der Waals surface area contributed by atoms with E-state index in [0.717, 1.165) is 24.2 Å². The van der Waals surface area contributed by atoms with Crippen LogP contribution in [0.15, 0.2) is 0 Å². The van der Waals surface area contributed by atoms with Crippen LogP contribution in [0, 0.1) is 36.5 Å². The number of hydrogen-bond donors (Lipinski definition) is 0. The van der Waals surface area contributed by atoms with E-state index in [4.69, 9.17) is 0 Å². The van der Waals surface area contributed by atoms with Gasteiger partial charge in [0, 0.05) is 38.6 Å². The van der Waals surface area contributed by atoms with Crippen molar-refractivity contribution in [2.45, 2.75) is 73.1 Å². The first-order chi connectivity index (χ1) is 10.1. The first-order valence-electron chi connectivity index (χ1n) is 8.99. The van der Waals surface area contributed by atoms with Crippen LogP contribution < -0.4 is 0 Å². The zero-order valence-electron chi connectivity index (χ0n) is 15.8. The number of carbonyl (C=O) groups excluding carboxylic acids is 1. The summed E-state index contributed by atoms with van der Waals surface area (Å²) in [6.45, 7) is 13.8. The van der Waals surface area contributed by atoms with Gasteiger partial charge in [-0.1, -0.05) is 47.0 Å². The monoisotopic (exact) mass is 384 g/mol. The molecular weight excluding hydrogens is 347 g/mol. The Bertz CT molecular complexity index is 283. The average Bonchev–Trinajstić information content (AvgIpc) is 2.90. The molecular formula is C19H37NOY-2. The van der Waals surface area contributed by atoms with E-state index in [9.17, 15) is 4.79 Å². The minimum Gasteiger partial charge on any atom is -0.656 e. The fourth-order valence-electron chi connectivity index (χ4n) is 4.15. The van der Waals surface area contributed by atoms with Gasteiger partial charge in [-0.25, -0.2) is 0 Å². The summed E-state index contributed by atoms with van der Waals surface area (Å²) in [7, 11) is 1.66. The smallest absolute Gasteiger partial charge is 0.0544 e. The largest absolute Gasteiger partial charge is 0.656 e. The molecule has 0 saturated heterocycles. The van der Waals surface area contributed by atoms with Gasteiger partial charge in [0.1, 0.15) is 0 Å². The first-order valence-corrected chi connectivity index (χ1v) is 8.99. The minimum atomic E-state index is 0. The van der Waals surface area contributed by atoms with E-state index in [1.165, 1.54) is 32.1 Å². The van der Waals surface area contributed by atoms with Crippen molar-refractivity contribution in [1.82, 2.24) is 0 Å². The van der Waals surface area contributed by atoms with Crippen LogP contribution in [-0.2, 0) is 37.5 Å². The molecule has 3 heteroatoms. The molecule has 2 fully saturated rings. The fraction of sp³-hybridized carbons (Fsp3) is 0.895. The normalized spacial score (nSPS) is 33.3. The van der Waals surface area contributed by atoms with E-state index in [2.05, 4.69) is 26.1 Å². The predicted molar refractivity (Wildman–Crippen MR) is 93.2 cm³/mol. The minimum absolute atomic E-state index is 0. The van der Waals surface area contributed by atoms with E-state index in [-0.39, 0.29) is 44.5 Å². The molecule has 0 heterocycles. The molecule has 0 aliphatic heterocycles. The second kappa shape index (κ2) is 14.0. The second-order valence-corrected chi connectivity index (χ2v) is 6.19. The fourth-order valence-corrected chi connectivity index (χ4v) is 4.15. The zero-order valence-corrected chi connectivity index (χ0v) is 18.6. The summed E-state index contributed by atoms with van der Waals surface area (Å²) in [5.41, 5.74) is 0. The quantitative estimate of drug-likeness (QED) is 0.548. The number of rotatable bonds is 2. The first kappa shape index (κ1) is 24.8. The Morgan fingerprint density at radius 2 is 1.50 bits per heavy atom. The molecule has 2 unspecified atom stereocenters. The third kappa shape index (κ3) is 6.59. The van der Waals surface area contributed by atoms with Crippen molar-refractivity contribution in [2.24, 2.45) is 29.6 Å². The summed E-state index contributed by atoms with van der Waals surface area (Å²) in [5.74, 6) is 3.45. The second-order valence-electron chi connectivity index (χ2n) is 6.19. The Morgan fingerprint density at radius 3 is 1.95 bits per heavy atom. The Kier molecular flexibility index (Phi) is 15.8. The summed E-state index contributed by atoms with van der Waals surface area (Å²) >= 11 is 0. The number of amides is 1. The molecule has 0 aromatic heterocycles. The van der Waals surface area contributed by atoms with Crippen LogP contribution in [-0.4, -0.2) is 13.0 Å². The van der Waals surface area contributed by atoms with Gasteiger partial charge < -0.3 is 17.0 Å². The van der Waals surface area contributed by atoms with Gasteiger partial charge in [0.25, 0.3) is 0 Å². The van der Waals surface area contributed by atoms with Gasteiger partial charge in [0.15, 0.2) is 0 Å². The van der Waals surface area contributed by atoms with Crippen molar-refractivity contribution in [1.29, 1.82) is 0 Å². The molecule has 0 bridgehead atoms. The average molecular weight is 384 g/mol. The van der Waals surface area contributed by atoms with Crippen LogP contribution in [0.1, 0.15) is 73.1 Å². The number of nitrogens with zero attached hydrogens (tertiary/aromatic N) is 1. The molecule has 2 nitrogen and oxygen atoms in total. The number of carbonyl (C=O) groups is 1. The molecule has 2 saturated carbocycles. The molecule has 129 valence electrons. The molecule has 0 aromatic carbocycles. The van der Waals surface area contributed by atoms with Crippen molar-refractivity contribution in [3.05, 3.63) is 12.2 Å². The predicted octanol–water partition coefficient (Wildman–Crippen LogP) is 5.87. The zero-order chi connectivity index (χ0) is 16.4. The molecule has 0 aromatic rings. The Labute approximate surface area is 164 Å². The molecule has 22 heavy (non-hydrogen) atoms. The van der Waals surface area contributed by atoms with E-state index in [0.29, 0.717) is 5.92 Å². The van der Waals surface area contributed by atoms with Crippen molar-refractivity contribution in [3.63, 3.8) is 0 Å². The van der Waals surface area contributed by atoms with Gasteiger partial charge in [-0.05, 0) is 42.9 Å². The van der Waals surface area contributed by atoms with Gasteiger partial charge in [-0.3, -0.25) is 0 Å². The van der Waals surface area contributed by atoms with Crippen LogP contribution >= 0.6 is 0 Å². The summed E-state index contributed by atoms with van der Waals surface area (Å²) in [5, 5.41) is 3.94. The summed E-state index contributed by atoms with van der Waals surface area (Å²) in [4.78, 5) is 12.0. The van der Waals surface area contributed by atoms with Crippen molar-refractivity contribution >= 4 is 5.91 Å². The maximum atomic E-state index is 12.0. The van der Waals surface area contributed by atoms with Crippen LogP contribution in [0.3, 0.4) is 0 Å². The third-order valence-electron chi connectivity index (χ3n) is 5.44. The Hall–Kier alpha value is 0.574. The standard InChI is InChI=1S/C15H27NO.C2H6.C2H5.Y/c1-10-8-9-12(11(10)2)13-6-4-5-7-14(13)15(17)16-3;2*1-2;/h10-14H,4-9H2,1-3H3,(H,16,17);1-2H3;1H2,2H3;/q;;-1;/p-1/t10-,11-,12+,13?,14?;;;/m1.../s1. The molecule has 2 aliphatic carbocycles. The van der Waals surface area contributed by atoms with E-state index in [1.54, 1.807) is 14.0 Å². The summed E-state index contributed by atoms with van der Waals surface area (Å²) < 4.78 is 0. The molecule has 0 N–H and O–H groups in total. The van der Waals surface area contributed by atoms with Gasteiger partial charge >= 0.3 is 0 Å². The number of hydrogen-bond acceptors (Lipinski definition) is 1.